The predicted molar refractivity (Wildman–Crippen MR) is 131 cm³/mol. The van der Waals surface area contributed by atoms with E-state index < -0.39 is 30.4 Å². The summed E-state index contributed by atoms with van der Waals surface area (Å²) in [5.74, 6) is -0.974. The van der Waals surface area contributed by atoms with Crippen LogP contribution in [0.4, 0.5) is 0 Å². The van der Waals surface area contributed by atoms with Crippen LogP contribution in [0, 0.1) is 13.8 Å². The van der Waals surface area contributed by atoms with Gasteiger partial charge in [0.1, 0.15) is 36.9 Å². The molecule has 0 unspecified atom stereocenters. The number of carbonyl (C=O) groups is 2. The molecule has 3 atom stereocenters. The van der Waals surface area contributed by atoms with Gasteiger partial charge >= 0.3 is 11.9 Å². The quantitative estimate of drug-likeness (QED) is 0.278. The van der Waals surface area contributed by atoms with Crippen LogP contribution in [0.3, 0.4) is 0 Å². The van der Waals surface area contributed by atoms with Crippen LogP contribution in [0.25, 0.3) is 11.2 Å². The van der Waals surface area contributed by atoms with E-state index in [1.54, 1.807) is 35.2 Å². The highest BCUT2D eigenvalue weighted by Gasteiger charge is 2.40. The first-order chi connectivity index (χ1) is 17.4. The Hall–Kier alpha value is -3.82. The highest BCUT2D eigenvalue weighted by atomic mass is 35.5. The van der Waals surface area contributed by atoms with Gasteiger partial charge in [0.25, 0.3) is 0 Å². The SMILES string of the molecule is Cc1ccc(C(=O)OC[C@H]2O[C@@H](n3cnc4c(Cl)ncnc43)C[C@H]2OC(=O)c2ccc(C)cc2)cc1. The number of hydrogen-bond acceptors (Lipinski definition) is 8. The van der Waals surface area contributed by atoms with Crippen LogP contribution >= 0.6 is 11.6 Å². The maximum absolute atomic E-state index is 12.9. The van der Waals surface area contributed by atoms with Gasteiger partial charge in [-0.25, -0.2) is 24.5 Å². The minimum atomic E-state index is -0.700. The Morgan fingerprint density at radius 2 is 1.61 bits per heavy atom. The molecule has 10 heteroatoms. The largest absolute Gasteiger partial charge is 0.459 e. The average molecular weight is 507 g/mol. The first-order valence-corrected chi connectivity index (χ1v) is 11.8. The zero-order chi connectivity index (χ0) is 25.2. The molecular weight excluding hydrogens is 484 g/mol. The molecule has 3 heterocycles. The molecule has 1 fully saturated rings. The van der Waals surface area contributed by atoms with Gasteiger partial charge in [-0.2, -0.15) is 0 Å². The molecule has 0 N–H and O–H groups in total. The number of aryl methyl sites for hydroxylation is 2. The molecule has 2 aromatic carbocycles. The Bertz CT molecular complexity index is 1400. The Morgan fingerprint density at radius 1 is 0.972 bits per heavy atom. The average Bonchev–Trinajstić information content (AvgIpc) is 3.48. The molecule has 9 nitrogen and oxygen atoms in total. The molecule has 0 aliphatic carbocycles. The smallest absolute Gasteiger partial charge is 0.338 e. The summed E-state index contributed by atoms with van der Waals surface area (Å²) in [4.78, 5) is 37.9. The molecule has 184 valence electrons. The summed E-state index contributed by atoms with van der Waals surface area (Å²) in [6.07, 6.45) is 1.25. The van der Waals surface area contributed by atoms with E-state index in [4.69, 9.17) is 25.8 Å². The Kier molecular flexibility index (Phi) is 6.67. The molecular formula is C26H23ClN4O5. The molecule has 0 spiro atoms. The summed E-state index contributed by atoms with van der Waals surface area (Å²) in [6, 6.07) is 14.2. The number of carbonyl (C=O) groups excluding carboxylic acids is 2. The number of esters is 2. The topological polar surface area (TPSA) is 105 Å². The van der Waals surface area contributed by atoms with Crippen molar-refractivity contribution in [3.05, 3.63) is 88.6 Å². The predicted octanol–water partition coefficient (Wildman–Crippen LogP) is 4.47. The lowest BCUT2D eigenvalue weighted by atomic mass is 10.1. The molecule has 36 heavy (non-hydrogen) atoms. The van der Waals surface area contributed by atoms with E-state index in [0.717, 1.165) is 11.1 Å². The second-order valence-corrected chi connectivity index (χ2v) is 8.99. The summed E-state index contributed by atoms with van der Waals surface area (Å²) in [7, 11) is 0. The molecule has 0 bridgehead atoms. The second-order valence-electron chi connectivity index (χ2n) is 8.63. The molecule has 0 saturated carbocycles. The summed E-state index contributed by atoms with van der Waals surface area (Å²) >= 11 is 6.14. The Labute approximate surface area is 212 Å². The van der Waals surface area contributed by atoms with Gasteiger partial charge in [-0.1, -0.05) is 47.0 Å². The molecule has 1 aliphatic heterocycles. The Balaban J connectivity index is 1.36. The number of fused-ring (bicyclic) bond motifs is 1. The van der Waals surface area contributed by atoms with Gasteiger partial charge in [-0.15, -0.1) is 0 Å². The van der Waals surface area contributed by atoms with Crippen LogP contribution in [0.5, 0.6) is 0 Å². The summed E-state index contributed by atoms with van der Waals surface area (Å²) in [5, 5.41) is 0.225. The van der Waals surface area contributed by atoms with E-state index in [1.165, 1.54) is 6.33 Å². The molecule has 5 rings (SSSR count). The number of rotatable bonds is 6. The number of imidazole rings is 1. The lowest BCUT2D eigenvalue weighted by molar-refractivity contribution is -0.0563. The van der Waals surface area contributed by atoms with Gasteiger partial charge in [0.05, 0.1) is 17.5 Å². The fraction of sp³-hybridized carbons (Fsp3) is 0.269. The third kappa shape index (κ3) is 4.93. The fourth-order valence-electron chi connectivity index (χ4n) is 4.01. The van der Waals surface area contributed by atoms with E-state index in [-0.39, 0.29) is 11.8 Å². The van der Waals surface area contributed by atoms with Crippen LogP contribution in [-0.2, 0) is 14.2 Å². The molecule has 0 radical (unpaired) electrons. The summed E-state index contributed by atoms with van der Waals surface area (Å²) in [5.41, 5.74) is 3.84. The van der Waals surface area contributed by atoms with Crippen molar-refractivity contribution in [2.24, 2.45) is 0 Å². The molecule has 2 aromatic heterocycles. The minimum absolute atomic E-state index is 0.0998. The number of halogens is 1. The summed E-state index contributed by atoms with van der Waals surface area (Å²) < 4.78 is 19.2. The van der Waals surface area contributed by atoms with E-state index in [1.807, 2.05) is 38.1 Å². The lowest BCUT2D eigenvalue weighted by Crippen LogP contribution is -2.32. The number of nitrogens with zero attached hydrogens (tertiary/aromatic N) is 4. The molecule has 4 aromatic rings. The lowest BCUT2D eigenvalue weighted by Gasteiger charge is -2.19. The van der Waals surface area contributed by atoms with Crippen LogP contribution in [0.2, 0.25) is 5.15 Å². The normalized spacial score (nSPS) is 19.4. The first kappa shape index (κ1) is 23.9. The van der Waals surface area contributed by atoms with Crippen molar-refractivity contribution in [3.63, 3.8) is 0 Å². The van der Waals surface area contributed by atoms with Gasteiger partial charge < -0.3 is 14.2 Å². The second kappa shape index (κ2) is 10.0. The van der Waals surface area contributed by atoms with E-state index >= 15 is 0 Å². The number of benzene rings is 2. The molecule has 0 amide bonds. The van der Waals surface area contributed by atoms with Gasteiger partial charge in [-0.3, -0.25) is 4.57 Å². The van der Waals surface area contributed by atoms with Crippen molar-refractivity contribution in [3.8, 4) is 0 Å². The van der Waals surface area contributed by atoms with E-state index in [2.05, 4.69) is 15.0 Å². The zero-order valence-corrected chi connectivity index (χ0v) is 20.4. The van der Waals surface area contributed by atoms with Crippen molar-refractivity contribution >= 4 is 34.7 Å². The van der Waals surface area contributed by atoms with Crippen molar-refractivity contribution < 1.29 is 23.8 Å². The third-order valence-electron chi connectivity index (χ3n) is 6.02. The van der Waals surface area contributed by atoms with Crippen LogP contribution in [-0.4, -0.2) is 50.3 Å². The highest BCUT2D eigenvalue weighted by Crippen LogP contribution is 2.34. The Morgan fingerprint density at radius 3 is 2.28 bits per heavy atom. The maximum atomic E-state index is 12.9. The van der Waals surface area contributed by atoms with Gasteiger partial charge in [0.15, 0.2) is 10.8 Å². The van der Waals surface area contributed by atoms with Crippen molar-refractivity contribution in [2.45, 2.75) is 38.7 Å². The van der Waals surface area contributed by atoms with Gasteiger partial charge in [-0.05, 0) is 38.1 Å². The van der Waals surface area contributed by atoms with E-state index in [0.29, 0.717) is 28.7 Å². The van der Waals surface area contributed by atoms with Crippen molar-refractivity contribution in [1.29, 1.82) is 0 Å². The fourth-order valence-corrected chi connectivity index (χ4v) is 4.18. The van der Waals surface area contributed by atoms with Crippen LogP contribution in [0.15, 0.2) is 61.2 Å². The molecule has 1 saturated heterocycles. The number of aromatic nitrogens is 4. The summed E-state index contributed by atoms with van der Waals surface area (Å²) in [6.45, 7) is 3.78. The van der Waals surface area contributed by atoms with Crippen molar-refractivity contribution in [1.82, 2.24) is 19.5 Å². The number of ether oxygens (including phenoxy) is 3. The molecule has 1 aliphatic rings. The highest BCUT2D eigenvalue weighted by molar-refractivity contribution is 6.33. The van der Waals surface area contributed by atoms with Gasteiger partial charge in [0, 0.05) is 6.42 Å². The minimum Gasteiger partial charge on any atom is -0.459 e. The third-order valence-corrected chi connectivity index (χ3v) is 6.29. The monoisotopic (exact) mass is 506 g/mol. The van der Waals surface area contributed by atoms with Crippen molar-refractivity contribution in [2.75, 3.05) is 6.61 Å². The zero-order valence-electron chi connectivity index (χ0n) is 19.6. The maximum Gasteiger partial charge on any atom is 0.338 e. The van der Waals surface area contributed by atoms with Crippen LogP contribution in [0.1, 0.15) is 44.5 Å². The number of hydrogen-bond donors (Lipinski definition) is 0. The van der Waals surface area contributed by atoms with Crippen LogP contribution < -0.4 is 0 Å². The first-order valence-electron chi connectivity index (χ1n) is 11.4. The standard InChI is InChI=1S/C26H23ClN4O5/c1-15-3-7-17(8-4-15)25(32)34-12-20-19(36-26(33)18-9-5-16(2)6-10-18)11-21(35-20)31-14-30-22-23(27)28-13-29-24(22)31/h3-10,13-14,19-21H,11-12H2,1-2H3/t19-,20-,21-/m1/s1. The van der Waals surface area contributed by atoms with Gasteiger partial charge in [0.2, 0.25) is 0 Å². The van der Waals surface area contributed by atoms with E-state index in [9.17, 15) is 9.59 Å².